The number of unbranched alkanes of at least 4 members (excludes halogenated alkanes) is 2. The molecule has 2 aliphatic heterocycles. The molecule has 9 heteroatoms. The molecule has 49 heavy (non-hydrogen) atoms. The van der Waals surface area contributed by atoms with E-state index in [1.807, 2.05) is 78.9 Å². The Balaban J connectivity index is 1.18. The second-order valence-electron chi connectivity index (χ2n) is 12.6. The number of carbonyl (C=O) groups excluding carboxylic acids is 3. The highest BCUT2D eigenvalue weighted by molar-refractivity contribution is 6.21. The van der Waals surface area contributed by atoms with Gasteiger partial charge < -0.3 is 24.2 Å². The van der Waals surface area contributed by atoms with Gasteiger partial charge in [-0.3, -0.25) is 19.3 Å². The molecule has 3 amide bonds. The third-order valence-electron chi connectivity index (χ3n) is 9.66. The smallest absolute Gasteiger partial charge is 0.261 e. The van der Waals surface area contributed by atoms with Crippen molar-refractivity contribution in [1.29, 1.82) is 0 Å². The first kappa shape index (κ1) is 33.9. The van der Waals surface area contributed by atoms with Crippen molar-refractivity contribution in [1.82, 2.24) is 9.80 Å². The van der Waals surface area contributed by atoms with E-state index in [9.17, 15) is 19.5 Å². The second kappa shape index (κ2) is 15.1. The Hall–Kier alpha value is -4.99. The van der Waals surface area contributed by atoms with Crippen LogP contribution in [-0.4, -0.2) is 72.6 Å². The zero-order valence-corrected chi connectivity index (χ0v) is 27.9. The zero-order valence-electron chi connectivity index (χ0n) is 27.9. The van der Waals surface area contributed by atoms with Crippen molar-refractivity contribution in [2.75, 3.05) is 33.9 Å². The highest BCUT2D eigenvalue weighted by atomic mass is 16.5. The Kier molecular flexibility index (Phi) is 10.4. The van der Waals surface area contributed by atoms with Crippen LogP contribution in [0.15, 0.2) is 103 Å². The van der Waals surface area contributed by atoms with Crippen LogP contribution in [0.3, 0.4) is 0 Å². The van der Waals surface area contributed by atoms with Crippen molar-refractivity contribution in [3.05, 3.63) is 131 Å². The molecule has 6 rings (SSSR count). The number of imide groups is 1. The maximum absolute atomic E-state index is 13.6. The highest BCUT2D eigenvalue weighted by Gasteiger charge is 2.51. The number of ether oxygens (including phenoxy) is 3. The number of amides is 3. The third-order valence-corrected chi connectivity index (χ3v) is 9.66. The van der Waals surface area contributed by atoms with Crippen molar-refractivity contribution in [3.8, 4) is 11.5 Å². The van der Waals surface area contributed by atoms with Crippen molar-refractivity contribution in [3.63, 3.8) is 0 Å². The molecule has 1 N–H and O–H groups in total. The van der Waals surface area contributed by atoms with E-state index in [1.165, 1.54) is 4.90 Å². The van der Waals surface area contributed by atoms with E-state index in [2.05, 4.69) is 0 Å². The van der Waals surface area contributed by atoms with Gasteiger partial charge in [0, 0.05) is 32.0 Å². The lowest BCUT2D eigenvalue weighted by Crippen LogP contribution is -2.45. The van der Waals surface area contributed by atoms with Crippen LogP contribution in [0.2, 0.25) is 0 Å². The molecule has 0 bridgehead atoms. The second-order valence-corrected chi connectivity index (χ2v) is 12.6. The van der Waals surface area contributed by atoms with Gasteiger partial charge in [0.25, 0.3) is 11.8 Å². The molecule has 2 atom stereocenters. The Morgan fingerprint density at radius 1 is 0.735 bits per heavy atom. The summed E-state index contributed by atoms with van der Waals surface area (Å²) in [4.78, 5) is 42.0. The lowest BCUT2D eigenvalue weighted by molar-refractivity contribution is -0.131. The number of aliphatic hydroxyl groups excluding tert-OH is 1. The molecule has 9 nitrogen and oxygen atoms in total. The summed E-state index contributed by atoms with van der Waals surface area (Å²) in [6, 6.07) is 32.1. The third kappa shape index (κ3) is 6.95. The molecule has 0 saturated carbocycles. The largest absolute Gasteiger partial charge is 0.497 e. The van der Waals surface area contributed by atoms with Gasteiger partial charge in [-0.05, 0) is 65.9 Å². The maximum atomic E-state index is 13.6. The summed E-state index contributed by atoms with van der Waals surface area (Å²) in [5.41, 5.74) is 2.42. The molecule has 1 fully saturated rings. The number of aliphatic hydroxyl groups is 1. The average molecular weight is 663 g/mol. The fourth-order valence-corrected chi connectivity index (χ4v) is 7.03. The number of hydrogen-bond acceptors (Lipinski definition) is 7. The maximum Gasteiger partial charge on any atom is 0.261 e. The van der Waals surface area contributed by atoms with Crippen molar-refractivity contribution in [2.24, 2.45) is 5.92 Å². The van der Waals surface area contributed by atoms with Gasteiger partial charge in [-0.15, -0.1) is 0 Å². The minimum atomic E-state index is -1.12. The van der Waals surface area contributed by atoms with E-state index < -0.39 is 17.6 Å². The Labute approximate surface area is 287 Å². The number of rotatable bonds is 14. The van der Waals surface area contributed by atoms with Crippen LogP contribution in [0.25, 0.3) is 0 Å². The summed E-state index contributed by atoms with van der Waals surface area (Å²) >= 11 is 0. The number of hydrogen-bond donors (Lipinski definition) is 1. The summed E-state index contributed by atoms with van der Waals surface area (Å²) in [6.07, 6.45) is 1.32. The topological polar surface area (TPSA) is 106 Å². The van der Waals surface area contributed by atoms with E-state index in [4.69, 9.17) is 14.2 Å². The van der Waals surface area contributed by atoms with Crippen LogP contribution in [0.4, 0.5) is 0 Å². The predicted octanol–water partition coefficient (Wildman–Crippen LogP) is 5.84. The number of likely N-dealkylation sites (tertiary alicyclic amines) is 1. The van der Waals surface area contributed by atoms with Gasteiger partial charge in [-0.1, -0.05) is 73.2 Å². The van der Waals surface area contributed by atoms with Gasteiger partial charge in [0.2, 0.25) is 5.91 Å². The predicted molar refractivity (Wildman–Crippen MR) is 184 cm³/mol. The molecule has 2 heterocycles. The van der Waals surface area contributed by atoms with Gasteiger partial charge in [-0.2, -0.15) is 0 Å². The standard InChI is InChI=1S/C40H42N2O7/c1-47-31-20-16-29(17-21-31)40(30-18-22-32(48-2)23-19-30,49-27-28-11-5-3-6-12-28)35-25-41(26-36(35)43)37(44)15-7-4-10-24-42-38(45)33-13-8-9-14-34(33)39(42)46/h3,5-6,8-9,11-14,16-23,35-36,43H,4,7,10,15,24-27H2,1-2H3. The first-order chi connectivity index (χ1) is 23.8. The Morgan fingerprint density at radius 3 is 1.84 bits per heavy atom. The van der Waals surface area contributed by atoms with Crippen LogP contribution in [-0.2, 0) is 21.7 Å². The molecule has 4 aromatic rings. The molecule has 4 aromatic carbocycles. The number of benzene rings is 4. The minimum absolute atomic E-state index is 0.0521. The molecular weight excluding hydrogens is 620 g/mol. The quantitative estimate of drug-likeness (QED) is 0.134. The van der Waals surface area contributed by atoms with E-state index in [-0.39, 0.29) is 30.9 Å². The fraction of sp³-hybridized carbons (Fsp3) is 0.325. The lowest BCUT2D eigenvalue weighted by Gasteiger charge is -2.41. The van der Waals surface area contributed by atoms with Gasteiger partial charge in [-0.25, -0.2) is 0 Å². The highest BCUT2D eigenvalue weighted by Crippen LogP contribution is 2.46. The summed E-state index contributed by atoms with van der Waals surface area (Å²) < 4.78 is 17.9. The van der Waals surface area contributed by atoms with Gasteiger partial charge in [0.1, 0.15) is 17.1 Å². The van der Waals surface area contributed by atoms with Crippen molar-refractivity contribution >= 4 is 17.7 Å². The molecule has 1 saturated heterocycles. The number of β-amino-alcohol motifs (C(OH)–C–C–N with tert-alkyl or cyclic N) is 1. The van der Waals surface area contributed by atoms with Crippen LogP contribution in [0, 0.1) is 5.92 Å². The van der Waals surface area contributed by atoms with Crippen LogP contribution in [0.5, 0.6) is 11.5 Å². The van der Waals surface area contributed by atoms with Crippen LogP contribution >= 0.6 is 0 Å². The average Bonchev–Trinajstić information content (AvgIpc) is 3.65. The summed E-state index contributed by atoms with van der Waals surface area (Å²) in [5, 5.41) is 11.7. The molecule has 254 valence electrons. The first-order valence-electron chi connectivity index (χ1n) is 16.7. The van der Waals surface area contributed by atoms with E-state index in [1.54, 1.807) is 43.4 Å². The SMILES string of the molecule is COc1ccc(C(OCc2ccccc2)(c2ccc(OC)cc2)C2CN(C(=O)CCCCCN3C(=O)c4ccccc4C3=O)CC2O)cc1. The zero-order chi connectivity index (χ0) is 34.4. The van der Waals surface area contributed by atoms with Crippen molar-refractivity contribution in [2.45, 2.75) is 44.0 Å². The van der Waals surface area contributed by atoms with Crippen molar-refractivity contribution < 1.29 is 33.7 Å². The molecule has 0 aromatic heterocycles. The number of carbonyl (C=O) groups is 3. The summed E-state index contributed by atoms with van der Waals surface area (Å²) in [5.74, 6) is 0.324. The van der Waals surface area contributed by atoms with Crippen LogP contribution < -0.4 is 9.47 Å². The summed E-state index contributed by atoms with van der Waals surface area (Å²) in [7, 11) is 3.23. The Bertz CT molecular complexity index is 1680. The van der Waals surface area contributed by atoms with E-state index >= 15 is 0 Å². The molecule has 0 aliphatic carbocycles. The monoisotopic (exact) mass is 662 g/mol. The number of fused-ring (bicyclic) bond motifs is 1. The summed E-state index contributed by atoms with van der Waals surface area (Å²) in [6.45, 7) is 1.07. The van der Waals surface area contributed by atoms with E-state index in [0.29, 0.717) is 61.4 Å². The van der Waals surface area contributed by atoms with Gasteiger partial charge in [0.15, 0.2) is 0 Å². The van der Waals surface area contributed by atoms with Crippen LogP contribution in [0.1, 0.15) is 63.1 Å². The normalized spacial score (nSPS) is 17.4. The fourth-order valence-electron chi connectivity index (χ4n) is 7.03. The molecule has 0 radical (unpaired) electrons. The molecule has 2 unspecified atom stereocenters. The van der Waals surface area contributed by atoms with Gasteiger partial charge >= 0.3 is 0 Å². The first-order valence-corrected chi connectivity index (χ1v) is 16.7. The lowest BCUT2D eigenvalue weighted by atomic mass is 9.74. The number of methoxy groups -OCH3 is 2. The van der Waals surface area contributed by atoms with Gasteiger partial charge in [0.05, 0.1) is 38.1 Å². The number of nitrogens with zero attached hydrogens (tertiary/aromatic N) is 2. The minimum Gasteiger partial charge on any atom is -0.497 e. The van der Waals surface area contributed by atoms with E-state index in [0.717, 1.165) is 16.7 Å². The molecule has 2 aliphatic rings. The molecular formula is C40H42N2O7. The molecule has 0 spiro atoms. The Morgan fingerprint density at radius 2 is 1.29 bits per heavy atom.